The first-order valence-electron chi connectivity index (χ1n) is 11.3. The van der Waals surface area contributed by atoms with E-state index in [2.05, 4.69) is 0 Å². The molecule has 0 aliphatic heterocycles. The molecule has 9 N–H and O–H groups in total. The van der Waals surface area contributed by atoms with E-state index < -0.39 is 99.9 Å². The maximum atomic E-state index is 12.1. The molecular formula is C26H30O15. The van der Waals surface area contributed by atoms with Crippen molar-refractivity contribution in [1.29, 1.82) is 0 Å². The Morgan fingerprint density at radius 2 is 0.976 bits per heavy atom. The third-order valence-electron chi connectivity index (χ3n) is 5.87. The molecule has 0 radical (unpaired) electrons. The van der Waals surface area contributed by atoms with Crippen molar-refractivity contribution >= 4 is 35.8 Å². The van der Waals surface area contributed by atoms with Crippen molar-refractivity contribution < 1.29 is 74.7 Å². The number of carboxylic acids is 6. The second-order valence-electron chi connectivity index (χ2n) is 8.58. The van der Waals surface area contributed by atoms with Gasteiger partial charge in [-0.15, -0.1) is 0 Å². The molecule has 0 fully saturated rings. The Hall–Kier alpha value is -4.86. The smallest absolute Gasteiger partial charge is 0.334 e. The van der Waals surface area contributed by atoms with Crippen molar-refractivity contribution in [2.24, 2.45) is 10.8 Å². The zero-order valence-corrected chi connectivity index (χ0v) is 22.1. The molecule has 0 aromatic carbocycles. The van der Waals surface area contributed by atoms with E-state index in [1.54, 1.807) is 0 Å². The summed E-state index contributed by atoms with van der Waals surface area (Å²) in [5.41, 5.74) is -10.4. The predicted octanol–water partition coefficient (Wildman–Crippen LogP) is 0.0618. The summed E-state index contributed by atoms with van der Waals surface area (Å²) in [6.45, 7) is -1.25. The number of carboxylic acid groups (broad SMARTS) is 6. The van der Waals surface area contributed by atoms with Crippen LogP contribution in [0.1, 0.15) is 20.8 Å². The fourth-order valence-corrected chi connectivity index (χ4v) is 3.93. The van der Waals surface area contributed by atoms with E-state index in [-0.39, 0.29) is 0 Å². The predicted molar refractivity (Wildman–Crippen MR) is 137 cm³/mol. The Balaban J connectivity index is 9.55. The zero-order valence-electron chi connectivity index (χ0n) is 22.1. The quantitative estimate of drug-likeness (QED) is 0.109. The van der Waals surface area contributed by atoms with Crippen LogP contribution in [0, 0.1) is 10.8 Å². The van der Waals surface area contributed by atoms with E-state index in [0.29, 0.717) is 36.5 Å². The normalized spacial score (nSPS) is 16.8. The summed E-state index contributed by atoms with van der Waals surface area (Å²) >= 11 is 0. The first-order chi connectivity index (χ1) is 18.9. The van der Waals surface area contributed by atoms with Crippen molar-refractivity contribution in [1.82, 2.24) is 0 Å². The lowest BCUT2D eigenvalue weighted by atomic mass is 9.56. The third-order valence-corrected chi connectivity index (χ3v) is 5.87. The molecule has 0 aromatic heterocycles. The number of allylic oxidation sites excluding steroid dienone is 5. The maximum absolute atomic E-state index is 12.1. The molecule has 15 heteroatoms. The summed E-state index contributed by atoms with van der Waals surface area (Å²) in [5.74, 6) is -10.6. The zero-order chi connectivity index (χ0) is 32.3. The van der Waals surface area contributed by atoms with E-state index >= 15 is 0 Å². The molecule has 0 spiro atoms. The fraction of sp³-hybridized carbons (Fsp3) is 0.308. The molecule has 0 saturated carbocycles. The number of hydrogen-bond acceptors (Lipinski definition) is 9. The van der Waals surface area contributed by atoms with Gasteiger partial charge in [0, 0.05) is 33.6 Å². The van der Waals surface area contributed by atoms with E-state index in [1.165, 1.54) is 0 Å². The largest absolute Gasteiger partial charge is 0.478 e. The van der Waals surface area contributed by atoms with E-state index in [1.807, 2.05) is 0 Å². The average molecular weight is 583 g/mol. The van der Waals surface area contributed by atoms with Crippen LogP contribution in [-0.4, -0.2) is 102 Å². The molecule has 0 rings (SSSR count). The second-order valence-corrected chi connectivity index (χ2v) is 8.58. The van der Waals surface area contributed by atoms with Gasteiger partial charge in [0.15, 0.2) is 0 Å². The molecule has 0 aliphatic carbocycles. The maximum Gasteiger partial charge on any atom is 0.334 e. The van der Waals surface area contributed by atoms with Gasteiger partial charge in [-0.3, -0.25) is 0 Å². The second kappa shape index (κ2) is 15.1. The lowest BCUT2D eigenvalue weighted by molar-refractivity contribution is -0.134. The SMILES string of the molecule is CC(=CC(C=C(C)C(=O)O)(C=C(C)C(=O)O)C(C=CC(=O)O)(C=C(CO)C(=O)O)C(CO)=C(CO)C(=O)O)C(=O)O. The Bertz CT molecular complexity index is 1220. The molecule has 1 unspecified atom stereocenters. The molecule has 0 saturated heterocycles. The first kappa shape index (κ1) is 36.1. The van der Waals surface area contributed by atoms with Gasteiger partial charge in [0.2, 0.25) is 0 Å². The van der Waals surface area contributed by atoms with E-state index in [4.69, 9.17) is 0 Å². The van der Waals surface area contributed by atoms with Crippen LogP contribution in [0.25, 0.3) is 0 Å². The van der Waals surface area contributed by atoms with Gasteiger partial charge in [-0.2, -0.15) is 0 Å². The monoisotopic (exact) mass is 582 g/mol. The van der Waals surface area contributed by atoms with Crippen LogP contribution < -0.4 is 0 Å². The van der Waals surface area contributed by atoms with Crippen LogP contribution in [0.15, 0.2) is 69.9 Å². The Labute approximate surface area is 232 Å². The molecule has 0 aliphatic rings. The minimum atomic E-state index is -2.82. The summed E-state index contributed by atoms with van der Waals surface area (Å²) < 4.78 is 0. The van der Waals surface area contributed by atoms with Crippen molar-refractivity contribution in [3.63, 3.8) is 0 Å². The Morgan fingerprint density at radius 1 is 0.561 bits per heavy atom. The van der Waals surface area contributed by atoms with Gasteiger partial charge >= 0.3 is 35.8 Å². The van der Waals surface area contributed by atoms with Gasteiger partial charge in [-0.25, -0.2) is 28.8 Å². The van der Waals surface area contributed by atoms with Gasteiger partial charge in [0.25, 0.3) is 0 Å². The van der Waals surface area contributed by atoms with E-state index in [0.717, 1.165) is 20.8 Å². The van der Waals surface area contributed by atoms with Gasteiger partial charge in [-0.05, 0) is 26.3 Å². The van der Waals surface area contributed by atoms with Crippen LogP contribution >= 0.6 is 0 Å². The Kier molecular flexibility index (Phi) is 13.3. The molecule has 224 valence electrons. The van der Waals surface area contributed by atoms with E-state index in [9.17, 15) is 74.7 Å². The van der Waals surface area contributed by atoms with Crippen molar-refractivity contribution in [2.45, 2.75) is 20.8 Å². The number of aliphatic hydroxyl groups excluding tert-OH is 3. The Morgan fingerprint density at radius 3 is 1.22 bits per heavy atom. The number of rotatable bonds is 16. The average Bonchev–Trinajstić information content (AvgIpc) is 2.86. The molecule has 15 nitrogen and oxygen atoms in total. The molecule has 0 heterocycles. The highest BCUT2D eigenvalue weighted by Crippen LogP contribution is 2.54. The van der Waals surface area contributed by atoms with Crippen LogP contribution in [0.5, 0.6) is 0 Å². The standard InChI is InChI=1S/C26H30O15/c1-13(20(32)33)6-25(7-14(2)21(34)35,8-15(3)22(36)37)26(5-4-19(30)31,9-16(10-27)23(38)39)18(12-29)17(11-28)24(40)41/h4-9,27-29H,10-12H2,1-3H3,(H,30,31)(H,32,33)(H,34,35)(H,36,37)(H,38,39)(H,40,41). The molecule has 0 amide bonds. The minimum Gasteiger partial charge on any atom is -0.478 e. The number of hydrogen-bond donors (Lipinski definition) is 9. The highest BCUT2D eigenvalue weighted by atomic mass is 16.4. The molecule has 0 aromatic rings. The molecular weight excluding hydrogens is 552 g/mol. The van der Waals surface area contributed by atoms with Gasteiger partial charge < -0.3 is 46.0 Å². The first-order valence-corrected chi connectivity index (χ1v) is 11.3. The summed E-state index contributed by atoms with van der Waals surface area (Å²) in [6.07, 6.45) is 3.47. The molecule has 0 bridgehead atoms. The number of carbonyl (C=O) groups is 6. The molecule has 1 atom stereocenters. The topological polar surface area (TPSA) is 284 Å². The lowest BCUT2D eigenvalue weighted by Gasteiger charge is -2.46. The summed E-state index contributed by atoms with van der Waals surface area (Å²) in [7, 11) is 0. The van der Waals surface area contributed by atoms with Gasteiger partial charge in [0.05, 0.1) is 31.0 Å². The fourth-order valence-electron chi connectivity index (χ4n) is 3.93. The number of aliphatic carboxylic acids is 6. The summed E-state index contributed by atoms with van der Waals surface area (Å²) in [4.78, 5) is 71.6. The molecule has 41 heavy (non-hydrogen) atoms. The van der Waals surface area contributed by atoms with Crippen molar-refractivity contribution in [2.75, 3.05) is 19.8 Å². The van der Waals surface area contributed by atoms with Crippen LogP contribution in [0.3, 0.4) is 0 Å². The third kappa shape index (κ3) is 8.82. The highest BCUT2D eigenvalue weighted by Gasteiger charge is 2.50. The minimum absolute atomic E-state index is 0.312. The van der Waals surface area contributed by atoms with Crippen LogP contribution in [0.4, 0.5) is 0 Å². The van der Waals surface area contributed by atoms with Crippen molar-refractivity contribution in [3.8, 4) is 0 Å². The van der Waals surface area contributed by atoms with Gasteiger partial charge in [0.1, 0.15) is 0 Å². The highest BCUT2D eigenvalue weighted by molar-refractivity contribution is 5.92. The van der Waals surface area contributed by atoms with Gasteiger partial charge in [-0.1, -0.05) is 30.4 Å². The lowest BCUT2D eigenvalue weighted by Crippen LogP contribution is -2.42. The van der Waals surface area contributed by atoms with Crippen LogP contribution in [0.2, 0.25) is 0 Å². The summed E-state index contributed by atoms with van der Waals surface area (Å²) in [5, 5.41) is 88.1. The van der Waals surface area contributed by atoms with Crippen molar-refractivity contribution in [3.05, 3.63) is 69.9 Å². The van der Waals surface area contributed by atoms with Crippen LogP contribution in [-0.2, 0) is 28.8 Å². The number of aliphatic hydroxyl groups is 3. The summed E-state index contributed by atoms with van der Waals surface area (Å²) in [6, 6.07) is 0.